The SMILES string of the molecule is CC(C)(C)CC(C)(C)[C@@H](O)C1C=C[C@H]2C(=O)N(c3ccccc3)C(=O)[C@H]2N1Nc1ccc([N+](=O)[O-])cc1. The monoisotopic (exact) mass is 506 g/mol. The molecule has 0 aliphatic carbocycles. The Kier molecular flexibility index (Phi) is 6.96. The lowest BCUT2D eigenvalue weighted by Gasteiger charge is -2.46. The maximum atomic E-state index is 13.8. The summed E-state index contributed by atoms with van der Waals surface area (Å²) in [4.78, 5) is 39.0. The molecule has 4 atom stereocenters. The molecule has 0 aromatic heterocycles. The van der Waals surface area contributed by atoms with Crippen LogP contribution in [0.15, 0.2) is 66.7 Å². The highest BCUT2D eigenvalue weighted by Gasteiger charge is 2.55. The third-order valence-electron chi connectivity index (χ3n) is 6.92. The van der Waals surface area contributed by atoms with E-state index in [4.69, 9.17) is 0 Å². The molecule has 0 saturated carbocycles. The number of fused-ring (bicyclic) bond motifs is 1. The predicted molar refractivity (Wildman–Crippen MR) is 142 cm³/mol. The quantitative estimate of drug-likeness (QED) is 0.245. The number of imide groups is 1. The summed E-state index contributed by atoms with van der Waals surface area (Å²) in [5.41, 5.74) is 3.56. The number of aliphatic hydroxyl groups is 1. The summed E-state index contributed by atoms with van der Waals surface area (Å²) in [7, 11) is 0. The van der Waals surface area contributed by atoms with Crippen molar-refractivity contribution < 1.29 is 19.6 Å². The molecule has 0 bridgehead atoms. The van der Waals surface area contributed by atoms with Crippen LogP contribution in [0.4, 0.5) is 17.1 Å². The Morgan fingerprint density at radius 1 is 0.973 bits per heavy atom. The Hall–Kier alpha value is -3.56. The second kappa shape index (κ2) is 9.72. The van der Waals surface area contributed by atoms with Crippen LogP contribution < -0.4 is 10.3 Å². The molecule has 2 aliphatic heterocycles. The van der Waals surface area contributed by atoms with Gasteiger partial charge in [0.2, 0.25) is 5.91 Å². The number of nitrogens with one attached hydrogen (secondary N) is 1. The van der Waals surface area contributed by atoms with Crippen molar-refractivity contribution in [2.75, 3.05) is 10.3 Å². The Labute approximate surface area is 216 Å². The molecule has 2 aromatic rings. The van der Waals surface area contributed by atoms with Gasteiger partial charge in [-0.1, -0.05) is 65.0 Å². The average Bonchev–Trinajstić information content (AvgIpc) is 3.08. The van der Waals surface area contributed by atoms with Crippen molar-refractivity contribution in [1.29, 1.82) is 0 Å². The number of rotatable bonds is 7. The van der Waals surface area contributed by atoms with E-state index in [-0.39, 0.29) is 17.0 Å². The van der Waals surface area contributed by atoms with Crippen LogP contribution in [0.1, 0.15) is 41.0 Å². The second-order valence-electron chi connectivity index (χ2n) is 11.7. The molecule has 9 heteroatoms. The summed E-state index contributed by atoms with van der Waals surface area (Å²) in [6.45, 7) is 10.3. The van der Waals surface area contributed by atoms with E-state index in [2.05, 4.69) is 26.2 Å². The Morgan fingerprint density at radius 2 is 1.59 bits per heavy atom. The topological polar surface area (TPSA) is 116 Å². The first-order valence-electron chi connectivity index (χ1n) is 12.4. The maximum Gasteiger partial charge on any atom is 0.269 e. The van der Waals surface area contributed by atoms with Crippen LogP contribution in [-0.4, -0.2) is 45.0 Å². The zero-order valence-electron chi connectivity index (χ0n) is 21.8. The van der Waals surface area contributed by atoms with E-state index in [9.17, 15) is 24.8 Å². The molecule has 2 aliphatic rings. The molecule has 37 heavy (non-hydrogen) atoms. The fraction of sp³-hybridized carbons (Fsp3) is 0.429. The highest BCUT2D eigenvalue weighted by molar-refractivity contribution is 6.24. The number of hydrazine groups is 1. The average molecular weight is 507 g/mol. The normalized spacial score (nSPS) is 23.2. The number of non-ortho nitro benzene ring substituents is 1. The number of anilines is 2. The summed E-state index contributed by atoms with van der Waals surface area (Å²) in [5.74, 6) is -1.48. The molecule has 1 unspecified atom stereocenters. The van der Waals surface area contributed by atoms with Crippen LogP contribution >= 0.6 is 0 Å². The summed E-state index contributed by atoms with van der Waals surface area (Å²) in [6, 6.07) is 13.1. The van der Waals surface area contributed by atoms with E-state index in [0.29, 0.717) is 17.8 Å². The Morgan fingerprint density at radius 3 is 2.16 bits per heavy atom. The molecule has 2 aromatic carbocycles. The first-order chi connectivity index (χ1) is 17.3. The van der Waals surface area contributed by atoms with E-state index in [1.54, 1.807) is 53.6 Å². The van der Waals surface area contributed by atoms with Gasteiger partial charge in [-0.25, -0.2) is 9.91 Å². The number of carbonyl (C=O) groups excluding carboxylic acids is 2. The molecule has 4 rings (SSSR count). The minimum Gasteiger partial charge on any atom is -0.391 e. The summed E-state index contributed by atoms with van der Waals surface area (Å²) in [5, 5.41) is 24.4. The van der Waals surface area contributed by atoms with Gasteiger partial charge >= 0.3 is 0 Å². The van der Waals surface area contributed by atoms with Gasteiger partial charge in [0.05, 0.1) is 28.7 Å². The van der Waals surface area contributed by atoms with E-state index < -0.39 is 40.4 Å². The number of para-hydroxylation sites is 1. The molecule has 1 fully saturated rings. The van der Waals surface area contributed by atoms with Crippen molar-refractivity contribution in [1.82, 2.24) is 5.01 Å². The largest absolute Gasteiger partial charge is 0.391 e. The number of hydrogen-bond acceptors (Lipinski definition) is 7. The van der Waals surface area contributed by atoms with Gasteiger partial charge in [0.1, 0.15) is 6.04 Å². The van der Waals surface area contributed by atoms with Crippen LogP contribution in [0.25, 0.3) is 0 Å². The van der Waals surface area contributed by atoms with E-state index >= 15 is 0 Å². The molecule has 2 heterocycles. The number of benzene rings is 2. The van der Waals surface area contributed by atoms with Crippen molar-refractivity contribution in [3.63, 3.8) is 0 Å². The number of nitro benzene ring substituents is 1. The minimum atomic E-state index is -0.905. The highest BCUT2D eigenvalue weighted by atomic mass is 16.6. The molecule has 196 valence electrons. The van der Waals surface area contributed by atoms with Crippen molar-refractivity contribution in [3.8, 4) is 0 Å². The number of nitrogens with zero attached hydrogens (tertiary/aromatic N) is 3. The molecular formula is C28H34N4O5. The zero-order valence-corrected chi connectivity index (χ0v) is 21.8. The first kappa shape index (κ1) is 26.5. The van der Waals surface area contributed by atoms with Gasteiger partial charge in [-0.05, 0) is 41.5 Å². The van der Waals surface area contributed by atoms with Crippen LogP contribution in [0.5, 0.6) is 0 Å². The maximum absolute atomic E-state index is 13.8. The molecule has 9 nitrogen and oxygen atoms in total. The molecule has 2 amide bonds. The fourth-order valence-electron chi connectivity index (χ4n) is 5.64. The highest BCUT2D eigenvalue weighted by Crippen LogP contribution is 2.42. The van der Waals surface area contributed by atoms with Crippen LogP contribution in [-0.2, 0) is 9.59 Å². The lowest BCUT2D eigenvalue weighted by Crippen LogP contribution is -2.60. The summed E-state index contributed by atoms with van der Waals surface area (Å²) in [6.07, 6.45) is 3.34. The van der Waals surface area contributed by atoms with Crippen molar-refractivity contribution in [2.45, 2.75) is 59.2 Å². The van der Waals surface area contributed by atoms with E-state index in [1.807, 2.05) is 19.9 Å². The third-order valence-corrected chi connectivity index (χ3v) is 6.92. The first-order valence-corrected chi connectivity index (χ1v) is 12.4. The molecule has 2 N–H and O–H groups in total. The Balaban J connectivity index is 1.73. The molecular weight excluding hydrogens is 472 g/mol. The van der Waals surface area contributed by atoms with Crippen LogP contribution in [0, 0.1) is 26.9 Å². The van der Waals surface area contributed by atoms with Crippen molar-refractivity contribution >= 4 is 28.9 Å². The lowest BCUT2D eigenvalue weighted by atomic mass is 9.70. The smallest absolute Gasteiger partial charge is 0.269 e. The second-order valence-corrected chi connectivity index (χ2v) is 11.7. The zero-order chi connectivity index (χ0) is 27.1. The third kappa shape index (κ3) is 5.28. The molecule has 0 radical (unpaired) electrons. The van der Waals surface area contributed by atoms with Gasteiger partial charge in [-0.2, -0.15) is 0 Å². The number of nitro groups is 1. The lowest BCUT2D eigenvalue weighted by molar-refractivity contribution is -0.384. The van der Waals surface area contributed by atoms with Crippen LogP contribution in [0.3, 0.4) is 0 Å². The van der Waals surface area contributed by atoms with Crippen LogP contribution in [0.2, 0.25) is 0 Å². The summed E-state index contributed by atoms with van der Waals surface area (Å²) >= 11 is 0. The van der Waals surface area contributed by atoms with Gasteiger partial charge in [0.25, 0.3) is 11.6 Å². The van der Waals surface area contributed by atoms with Gasteiger partial charge < -0.3 is 10.5 Å². The summed E-state index contributed by atoms with van der Waals surface area (Å²) < 4.78 is 0. The fourth-order valence-corrected chi connectivity index (χ4v) is 5.64. The standard InChI is InChI=1S/C28H34N4O5/c1-27(2,3)17-28(4,5)24(33)22-16-15-21-23(26(35)30(25(21)34)19-9-7-6-8-10-19)31(22)29-18-11-13-20(14-12-18)32(36)37/h6-16,21-24,29,33H,17H2,1-5H3/t21-,22?,23+,24+/m1/s1. The van der Waals surface area contributed by atoms with E-state index in [1.165, 1.54) is 17.0 Å². The number of hydrogen-bond donors (Lipinski definition) is 2. The number of aliphatic hydroxyl groups excluding tert-OH is 1. The number of amides is 2. The molecule has 0 spiro atoms. The van der Waals surface area contributed by atoms with Gasteiger partial charge in [-0.15, -0.1) is 0 Å². The van der Waals surface area contributed by atoms with Gasteiger partial charge in [-0.3, -0.25) is 19.7 Å². The van der Waals surface area contributed by atoms with Crippen molar-refractivity contribution in [3.05, 3.63) is 76.9 Å². The molecule has 1 saturated heterocycles. The van der Waals surface area contributed by atoms with Crippen molar-refractivity contribution in [2.24, 2.45) is 16.7 Å². The minimum absolute atomic E-state index is 0.0503. The predicted octanol–water partition coefficient (Wildman–Crippen LogP) is 4.54. The van der Waals surface area contributed by atoms with Gasteiger partial charge in [0, 0.05) is 17.8 Å². The van der Waals surface area contributed by atoms with Gasteiger partial charge in [0.15, 0.2) is 0 Å². The van der Waals surface area contributed by atoms with E-state index in [0.717, 1.165) is 0 Å². The number of carbonyl (C=O) groups is 2. The Bertz CT molecular complexity index is 1200.